The van der Waals surface area contributed by atoms with Crippen molar-refractivity contribution in [3.05, 3.63) is 93.9 Å². The van der Waals surface area contributed by atoms with Crippen molar-refractivity contribution in [3.8, 4) is 0 Å². The molecule has 4 rings (SSSR count). The molecule has 1 fully saturated rings. The molecule has 0 aromatic heterocycles. The molecule has 1 atom stereocenters. The van der Waals surface area contributed by atoms with E-state index in [4.69, 9.17) is 11.6 Å². The highest BCUT2D eigenvalue weighted by molar-refractivity contribution is 9.10. The maximum atomic E-state index is 6.17. The van der Waals surface area contributed by atoms with Crippen LogP contribution in [0, 0.1) is 0 Å². The molecule has 1 aliphatic rings. The summed E-state index contributed by atoms with van der Waals surface area (Å²) < 4.78 is 1.15. The zero-order valence-electron chi connectivity index (χ0n) is 16.9. The largest absolute Gasteiger partial charge is 0.369 e. The number of thioether (sulfide) groups is 1. The average Bonchev–Trinajstić information content (AvgIpc) is 2.78. The molecule has 5 heteroatoms. The number of hydrogen-bond acceptors (Lipinski definition) is 3. The molecular weight excluding hydrogens is 476 g/mol. The second kappa shape index (κ2) is 10.7. The van der Waals surface area contributed by atoms with Crippen LogP contribution in [-0.2, 0) is 0 Å². The van der Waals surface area contributed by atoms with Gasteiger partial charge in [0.1, 0.15) is 0 Å². The monoisotopic (exact) mass is 500 g/mol. The van der Waals surface area contributed by atoms with Crippen LogP contribution < -0.4 is 4.90 Å². The van der Waals surface area contributed by atoms with Crippen LogP contribution in [0.3, 0.4) is 0 Å². The van der Waals surface area contributed by atoms with Crippen molar-refractivity contribution < 1.29 is 0 Å². The van der Waals surface area contributed by atoms with Crippen molar-refractivity contribution in [2.24, 2.45) is 0 Å². The summed E-state index contributed by atoms with van der Waals surface area (Å²) in [4.78, 5) is 6.36. The number of rotatable bonds is 7. The van der Waals surface area contributed by atoms with Gasteiger partial charge in [-0.3, -0.25) is 4.90 Å². The van der Waals surface area contributed by atoms with E-state index in [9.17, 15) is 0 Å². The SMILES string of the molecule is Clc1cccc(N2CCN(CCC(Sc3ccccc3)c3cccc(Br)c3)CC2)c1. The van der Waals surface area contributed by atoms with E-state index in [0.717, 1.165) is 48.6 Å². The lowest BCUT2D eigenvalue weighted by atomic mass is 10.1. The molecule has 0 radical (unpaired) electrons. The lowest BCUT2D eigenvalue weighted by molar-refractivity contribution is 0.254. The summed E-state index contributed by atoms with van der Waals surface area (Å²) in [6.45, 7) is 5.39. The quantitative estimate of drug-likeness (QED) is 0.317. The molecule has 3 aromatic carbocycles. The van der Waals surface area contributed by atoms with Crippen LogP contribution in [0.1, 0.15) is 17.2 Å². The Balaban J connectivity index is 1.37. The highest BCUT2D eigenvalue weighted by Gasteiger charge is 2.20. The van der Waals surface area contributed by atoms with Crippen molar-refractivity contribution in [1.29, 1.82) is 0 Å². The Labute approximate surface area is 197 Å². The predicted octanol–water partition coefficient (Wildman–Crippen LogP) is 7.15. The van der Waals surface area contributed by atoms with Gasteiger partial charge in [-0.2, -0.15) is 0 Å². The lowest BCUT2D eigenvalue weighted by Crippen LogP contribution is -2.46. The van der Waals surface area contributed by atoms with Crippen LogP contribution in [0.4, 0.5) is 5.69 Å². The molecule has 3 aromatic rings. The van der Waals surface area contributed by atoms with Crippen LogP contribution >= 0.6 is 39.3 Å². The molecule has 0 aliphatic carbocycles. The molecule has 2 nitrogen and oxygen atoms in total. The highest BCUT2D eigenvalue weighted by atomic mass is 79.9. The highest BCUT2D eigenvalue weighted by Crippen LogP contribution is 2.38. The van der Waals surface area contributed by atoms with Crippen molar-refractivity contribution >= 4 is 45.0 Å². The van der Waals surface area contributed by atoms with E-state index in [1.54, 1.807) is 0 Å². The molecule has 0 bridgehead atoms. The fraction of sp³-hybridized carbons (Fsp3) is 0.280. The Morgan fingerprint density at radius 1 is 0.867 bits per heavy atom. The van der Waals surface area contributed by atoms with Gasteiger partial charge < -0.3 is 4.90 Å². The summed E-state index contributed by atoms with van der Waals surface area (Å²) in [5, 5.41) is 1.25. The van der Waals surface area contributed by atoms with Crippen molar-refractivity contribution in [3.63, 3.8) is 0 Å². The fourth-order valence-corrected chi connectivity index (χ4v) is 5.62. The van der Waals surface area contributed by atoms with E-state index in [0.29, 0.717) is 5.25 Å². The van der Waals surface area contributed by atoms with Crippen LogP contribution in [0.15, 0.2) is 88.2 Å². The van der Waals surface area contributed by atoms with Crippen molar-refractivity contribution in [2.45, 2.75) is 16.6 Å². The normalized spacial score (nSPS) is 15.9. The Hall–Kier alpha value is -1.46. The van der Waals surface area contributed by atoms with Crippen molar-refractivity contribution in [2.75, 3.05) is 37.6 Å². The smallest absolute Gasteiger partial charge is 0.0426 e. The number of halogens is 2. The molecular formula is C25H26BrClN2S. The third kappa shape index (κ3) is 6.04. The summed E-state index contributed by atoms with van der Waals surface area (Å²) in [6, 6.07) is 27.7. The van der Waals surface area contributed by atoms with Gasteiger partial charge in [0.25, 0.3) is 0 Å². The molecule has 1 saturated heterocycles. The third-order valence-corrected chi connectivity index (χ3v) is 7.56. The molecule has 1 heterocycles. The number of piperazine rings is 1. The van der Waals surface area contributed by atoms with Crippen LogP contribution in [0.2, 0.25) is 5.02 Å². The Morgan fingerprint density at radius 3 is 2.37 bits per heavy atom. The molecule has 1 aliphatic heterocycles. The minimum Gasteiger partial charge on any atom is -0.369 e. The maximum Gasteiger partial charge on any atom is 0.0426 e. The summed E-state index contributed by atoms with van der Waals surface area (Å²) in [7, 11) is 0. The summed E-state index contributed by atoms with van der Waals surface area (Å²) in [5.41, 5.74) is 2.62. The summed E-state index contributed by atoms with van der Waals surface area (Å²) in [5.74, 6) is 0. The van der Waals surface area contributed by atoms with E-state index in [1.807, 2.05) is 23.9 Å². The van der Waals surface area contributed by atoms with Gasteiger partial charge in [0, 0.05) is 51.5 Å². The molecule has 0 amide bonds. The van der Waals surface area contributed by atoms with E-state index < -0.39 is 0 Å². The number of hydrogen-bond donors (Lipinski definition) is 0. The van der Waals surface area contributed by atoms with E-state index >= 15 is 0 Å². The van der Waals surface area contributed by atoms with Gasteiger partial charge in [-0.05, 0) is 61.0 Å². The Morgan fingerprint density at radius 2 is 1.63 bits per heavy atom. The van der Waals surface area contributed by atoms with Gasteiger partial charge in [0.05, 0.1) is 0 Å². The molecule has 1 unspecified atom stereocenters. The molecule has 30 heavy (non-hydrogen) atoms. The predicted molar refractivity (Wildman–Crippen MR) is 134 cm³/mol. The minimum absolute atomic E-state index is 0.441. The van der Waals surface area contributed by atoms with Gasteiger partial charge >= 0.3 is 0 Å². The summed E-state index contributed by atoms with van der Waals surface area (Å²) >= 11 is 11.8. The second-order valence-electron chi connectivity index (χ2n) is 7.57. The van der Waals surface area contributed by atoms with E-state index in [1.165, 1.54) is 16.1 Å². The third-order valence-electron chi connectivity index (χ3n) is 5.50. The molecule has 0 spiro atoms. The second-order valence-corrected chi connectivity index (χ2v) is 10.2. The van der Waals surface area contributed by atoms with Crippen molar-refractivity contribution in [1.82, 2.24) is 4.90 Å². The number of benzene rings is 3. The first-order valence-electron chi connectivity index (χ1n) is 10.4. The van der Waals surface area contributed by atoms with Gasteiger partial charge in [0.15, 0.2) is 0 Å². The maximum absolute atomic E-state index is 6.17. The molecule has 156 valence electrons. The fourth-order valence-electron chi connectivity index (χ4n) is 3.87. The first kappa shape index (κ1) is 21.8. The van der Waals surface area contributed by atoms with E-state index in [-0.39, 0.29) is 0 Å². The standard InChI is InChI=1S/C25H26BrClN2S/c26-21-7-4-6-20(18-21)25(30-24-10-2-1-3-11-24)12-13-28-14-16-29(17-15-28)23-9-5-8-22(27)19-23/h1-11,18-19,25H,12-17H2. The van der Waals surface area contributed by atoms with Crippen LogP contribution in [0.5, 0.6) is 0 Å². The first-order valence-corrected chi connectivity index (χ1v) is 12.4. The summed E-state index contributed by atoms with van der Waals surface area (Å²) in [6.07, 6.45) is 1.13. The first-order chi connectivity index (χ1) is 14.7. The topological polar surface area (TPSA) is 6.48 Å². The van der Waals surface area contributed by atoms with Crippen LogP contribution in [-0.4, -0.2) is 37.6 Å². The lowest BCUT2D eigenvalue weighted by Gasteiger charge is -2.36. The minimum atomic E-state index is 0.441. The van der Waals surface area contributed by atoms with Gasteiger partial charge in [-0.25, -0.2) is 0 Å². The van der Waals surface area contributed by atoms with Gasteiger partial charge in [-0.1, -0.05) is 63.9 Å². The number of anilines is 1. The van der Waals surface area contributed by atoms with Gasteiger partial charge in [0.2, 0.25) is 0 Å². The van der Waals surface area contributed by atoms with E-state index in [2.05, 4.69) is 92.5 Å². The van der Waals surface area contributed by atoms with Crippen LogP contribution in [0.25, 0.3) is 0 Å². The molecule has 0 saturated carbocycles. The van der Waals surface area contributed by atoms with Gasteiger partial charge in [-0.15, -0.1) is 11.8 Å². The Kier molecular flexibility index (Phi) is 7.78. The zero-order valence-corrected chi connectivity index (χ0v) is 20.0. The zero-order chi connectivity index (χ0) is 20.8. The average molecular weight is 502 g/mol. The Bertz CT molecular complexity index is 945. The number of nitrogens with zero attached hydrogens (tertiary/aromatic N) is 2. The molecule has 0 N–H and O–H groups in total.